The Bertz CT molecular complexity index is 481. The molecule has 0 bridgehead atoms. The number of carbonyl (C=O) groups excluding carboxylic acids is 1. The van der Waals surface area contributed by atoms with E-state index in [2.05, 4.69) is 12.2 Å². The Kier molecular flexibility index (Phi) is 4.77. The molecule has 108 valence electrons. The molecule has 4 heteroatoms. The van der Waals surface area contributed by atoms with Crippen LogP contribution >= 0.6 is 0 Å². The zero-order chi connectivity index (χ0) is 14.5. The van der Waals surface area contributed by atoms with Gasteiger partial charge in [0, 0.05) is 5.69 Å². The minimum Gasteiger partial charge on any atom is -0.481 e. The van der Waals surface area contributed by atoms with E-state index in [9.17, 15) is 9.59 Å². The summed E-state index contributed by atoms with van der Waals surface area (Å²) in [7, 11) is 0. The highest BCUT2D eigenvalue weighted by Gasteiger charge is 2.37. The number of carboxylic acids is 1. The van der Waals surface area contributed by atoms with Gasteiger partial charge in [-0.15, -0.1) is 0 Å². The molecule has 0 spiro atoms. The highest BCUT2D eigenvalue weighted by molar-refractivity contribution is 5.95. The van der Waals surface area contributed by atoms with Crippen molar-refractivity contribution < 1.29 is 14.7 Å². The maximum absolute atomic E-state index is 12.2. The molecule has 2 unspecified atom stereocenters. The average molecular weight is 275 g/mol. The first-order valence-electron chi connectivity index (χ1n) is 7.24. The van der Waals surface area contributed by atoms with Crippen LogP contribution in [0.15, 0.2) is 24.3 Å². The highest BCUT2D eigenvalue weighted by Crippen LogP contribution is 2.32. The molecule has 0 heterocycles. The molecule has 2 rings (SSSR count). The van der Waals surface area contributed by atoms with Crippen LogP contribution in [-0.2, 0) is 16.0 Å². The Balaban J connectivity index is 1.98. The third kappa shape index (κ3) is 3.38. The minimum absolute atomic E-state index is 0.168. The predicted molar refractivity (Wildman–Crippen MR) is 77.5 cm³/mol. The van der Waals surface area contributed by atoms with Gasteiger partial charge in [-0.05, 0) is 37.0 Å². The van der Waals surface area contributed by atoms with Crippen LogP contribution in [-0.4, -0.2) is 17.0 Å². The summed E-state index contributed by atoms with van der Waals surface area (Å²) >= 11 is 0. The summed E-state index contributed by atoms with van der Waals surface area (Å²) in [5, 5.41) is 11.9. The van der Waals surface area contributed by atoms with Crippen molar-refractivity contribution in [1.82, 2.24) is 0 Å². The number of aryl methyl sites for hydroxylation is 1. The molecule has 1 fully saturated rings. The van der Waals surface area contributed by atoms with Gasteiger partial charge < -0.3 is 10.4 Å². The van der Waals surface area contributed by atoms with Gasteiger partial charge >= 0.3 is 5.97 Å². The molecule has 4 nitrogen and oxygen atoms in total. The summed E-state index contributed by atoms with van der Waals surface area (Å²) in [6, 6.07) is 7.77. The van der Waals surface area contributed by atoms with Gasteiger partial charge in [0.25, 0.3) is 0 Å². The maximum Gasteiger partial charge on any atom is 0.307 e. The number of carboxylic acid groups (broad SMARTS) is 1. The summed E-state index contributed by atoms with van der Waals surface area (Å²) in [4.78, 5) is 23.3. The lowest BCUT2D eigenvalue weighted by atomic mass is 9.95. The van der Waals surface area contributed by atoms with E-state index in [4.69, 9.17) is 5.11 Å². The average Bonchev–Trinajstić information content (AvgIpc) is 2.91. The van der Waals surface area contributed by atoms with E-state index in [0.717, 1.165) is 24.9 Å². The van der Waals surface area contributed by atoms with Gasteiger partial charge in [0.2, 0.25) is 5.91 Å². The number of hydrogen-bond acceptors (Lipinski definition) is 2. The topological polar surface area (TPSA) is 66.4 Å². The summed E-state index contributed by atoms with van der Waals surface area (Å²) in [5.41, 5.74) is 1.99. The van der Waals surface area contributed by atoms with Gasteiger partial charge in [0.1, 0.15) is 0 Å². The fourth-order valence-corrected chi connectivity index (χ4v) is 2.85. The summed E-state index contributed by atoms with van der Waals surface area (Å²) < 4.78 is 0. The lowest BCUT2D eigenvalue weighted by Crippen LogP contribution is -2.29. The third-order valence-electron chi connectivity index (χ3n) is 3.93. The predicted octanol–water partition coefficient (Wildman–Crippen LogP) is 3.08. The first-order chi connectivity index (χ1) is 9.61. The molecule has 0 aromatic heterocycles. The van der Waals surface area contributed by atoms with Gasteiger partial charge in [0.15, 0.2) is 0 Å². The van der Waals surface area contributed by atoms with Crippen LogP contribution in [0.25, 0.3) is 0 Å². The van der Waals surface area contributed by atoms with Crippen molar-refractivity contribution in [2.75, 3.05) is 5.32 Å². The van der Waals surface area contributed by atoms with Crippen molar-refractivity contribution in [3.63, 3.8) is 0 Å². The van der Waals surface area contributed by atoms with Crippen molar-refractivity contribution in [2.24, 2.45) is 11.8 Å². The number of amides is 1. The quantitative estimate of drug-likeness (QED) is 0.867. The standard InChI is InChI=1S/C16H21NO3/c1-2-4-11-7-9-12(10-8-11)17-15(18)13-5-3-6-14(13)16(19)20/h7-10,13-14H,2-6H2,1H3,(H,17,18)(H,19,20). The molecule has 2 atom stereocenters. The van der Waals surface area contributed by atoms with Crippen molar-refractivity contribution >= 4 is 17.6 Å². The Morgan fingerprint density at radius 3 is 2.45 bits per heavy atom. The molecular formula is C16H21NO3. The van der Waals surface area contributed by atoms with Crippen molar-refractivity contribution in [3.8, 4) is 0 Å². The van der Waals surface area contributed by atoms with E-state index < -0.39 is 17.8 Å². The van der Waals surface area contributed by atoms with E-state index in [1.807, 2.05) is 24.3 Å². The van der Waals surface area contributed by atoms with Gasteiger partial charge in [-0.2, -0.15) is 0 Å². The SMILES string of the molecule is CCCc1ccc(NC(=O)C2CCCC2C(=O)O)cc1. The first-order valence-corrected chi connectivity index (χ1v) is 7.24. The molecule has 1 aromatic carbocycles. The van der Waals surface area contributed by atoms with Crippen LogP contribution < -0.4 is 5.32 Å². The van der Waals surface area contributed by atoms with E-state index in [1.165, 1.54) is 5.56 Å². The summed E-state index contributed by atoms with van der Waals surface area (Å²) in [6.45, 7) is 2.13. The van der Waals surface area contributed by atoms with E-state index in [0.29, 0.717) is 12.8 Å². The highest BCUT2D eigenvalue weighted by atomic mass is 16.4. The number of carbonyl (C=O) groups is 2. The number of aliphatic carboxylic acids is 1. The Labute approximate surface area is 119 Å². The molecule has 1 aromatic rings. The lowest BCUT2D eigenvalue weighted by molar-refractivity contribution is -0.145. The Morgan fingerprint density at radius 1 is 1.20 bits per heavy atom. The largest absolute Gasteiger partial charge is 0.481 e. The zero-order valence-corrected chi connectivity index (χ0v) is 11.8. The summed E-state index contributed by atoms with van der Waals surface area (Å²) in [6.07, 6.45) is 4.19. The van der Waals surface area contributed by atoms with E-state index >= 15 is 0 Å². The first kappa shape index (κ1) is 14.6. The molecular weight excluding hydrogens is 254 g/mol. The Morgan fingerprint density at radius 2 is 1.85 bits per heavy atom. The number of nitrogens with one attached hydrogen (secondary N) is 1. The van der Waals surface area contributed by atoms with Crippen LogP contribution in [0.2, 0.25) is 0 Å². The Hall–Kier alpha value is -1.84. The fraction of sp³-hybridized carbons (Fsp3) is 0.500. The lowest BCUT2D eigenvalue weighted by Gasteiger charge is -2.15. The molecule has 0 saturated heterocycles. The molecule has 1 aliphatic carbocycles. The third-order valence-corrected chi connectivity index (χ3v) is 3.93. The summed E-state index contributed by atoms with van der Waals surface area (Å²) in [5.74, 6) is -1.96. The van der Waals surface area contributed by atoms with Crippen molar-refractivity contribution in [3.05, 3.63) is 29.8 Å². The van der Waals surface area contributed by atoms with Gasteiger partial charge in [-0.1, -0.05) is 31.9 Å². The normalized spacial score (nSPS) is 21.6. The second-order valence-corrected chi connectivity index (χ2v) is 5.42. The number of benzene rings is 1. The molecule has 1 amide bonds. The molecule has 0 aliphatic heterocycles. The molecule has 20 heavy (non-hydrogen) atoms. The van der Waals surface area contributed by atoms with Crippen molar-refractivity contribution in [2.45, 2.75) is 39.0 Å². The number of anilines is 1. The molecule has 1 aliphatic rings. The fourth-order valence-electron chi connectivity index (χ4n) is 2.85. The van der Waals surface area contributed by atoms with Gasteiger partial charge in [0.05, 0.1) is 11.8 Å². The second-order valence-electron chi connectivity index (χ2n) is 5.42. The second kappa shape index (κ2) is 6.55. The van der Waals surface area contributed by atoms with E-state index in [-0.39, 0.29) is 5.91 Å². The van der Waals surface area contributed by atoms with Gasteiger partial charge in [-0.25, -0.2) is 0 Å². The number of rotatable bonds is 5. The van der Waals surface area contributed by atoms with E-state index in [1.54, 1.807) is 0 Å². The monoisotopic (exact) mass is 275 g/mol. The van der Waals surface area contributed by atoms with Gasteiger partial charge in [-0.3, -0.25) is 9.59 Å². The minimum atomic E-state index is -0.860. The molecule has 0 radical (unpaired) electrons. The van der Waals surface area contributed by atoms with Crippen molar-refractivity contribution in [1.29, 1.82) is 0 Å². The zero-order valence-electron chi connectivity index (χ0n) is 11.8. The van der Waals surface area contributed by atoms with Crippen LogP contribution in [0, 0.1) is 11.8 Å². The van der Waals surface area contributed by atoms with Crippen LogP contribution in [0.4, 0.5) is 5.69 Å². The molecule has 1 saturated carbocycles. The maximum atomic E-state index is 12.2. The van der Waals surface area contributed by atoms with Crippen LogP contribution in [0.5, 0.6) is 0 Å². The van der Waals surface area contributed by atoms with Crippen LogP contribution in [0.3, 0.4) is 0 Å². The molecule has 2 N–H and O–H groups in total. The number of hydrogen-bond donors (Lipinski definition) is 2. The smallest absolute Gasteiger partial charge is 0.307 e. The van der Waals surface area contributed by atoms with Crippen LogP contribution in [0.1, 0.15) is 38.2 Å².